The standard InChI is InChI=1S/C25H24F3O4PS/c1-20-10-8-11-21(18-20)24(16-9-17-34(30,31)32-19-25(26,27)28)33(29,22-12-4-2-5-13-22)23-14-6-3-7-15-23/h2-16,18,24H,17,19H2,1H3/b16-9+/t24-/m0/s1. The second-order valence-corrected chi connectivity index (χ2v) is 12.3. The molecular formula is C25H24F3O4PS. The Morgan fingerprint density at radius 1 is 0.912 bits per heavy atom. The fourth-order valence-corrected chi connectivity index (χ4v) is 7.44. The van der Waals surface area contributed by atoms with Gasteiger partial charge in [-0.2, -0.15) is 21.6 Å². The number of hydrogen-bond acceptors (Lipinski definition) is 4. The van der Waals surface area contributed by atoms with Gasteiger partial charge in [0.25, 0.3) is 10.1 Å². The molecule has 1 atom stereocenters. The molecule has 0 saturated carbocycles. The highest BCUT2D eigenvalue weighted by molar-refractivity contribution is 7.86. The quantitative estimate of drug-likeness (QED) is 0.217. The number of alkyl halides is 3. The molecule has 0 spiro atoms. The zero-order chi connectivity index (χ0) is 24.8. The van der Waals surface area contributed by atoms with Gasteiger partial charge in [0, 0.05) is 10.6 Å². The van der Waals surface area contributed by atoms with Crippen LogP contribution < -0.4 is 10.6 Å². The van der Waals surface area contributed by atoms with E-state index in [9.17, 15) is 26.2 Å². The van der Waals surface area contributed by atoms with Crippen molar-refractivity contribution in [3.63, 3.8) is 0 Å². The van der Waals surface area contributed by atoms with Gasteiger partial charge in [-0.15, -0.1) is 0 Å². The number of allylic oxidation sites excluding steroid dienone is 1. The Morgan fingerprint density at radius 2 is 1.47 bits per heavy atom. The van der Waals surface area contributed by atoms with E-state index in [4.69, 9.17) is 0 Å². The molecule has 0 bridgehead atoms. The lowest BCUT2D eigenvalue weighted by atomic mass is 10.1. The van der Waals surface area contributed by atoms with Crippen molar-refractivity contribution in [2.75, 3.05) is 12.4 Å². The molecule has 3 aromatic rings. The van der Waals surface area contributed by atoms with Gasteiger partial charge in [0.05, 0.1) is 11.4 Å². The van der Waals surface area contributed by atoms with Crippen LogP contribution >= 0.6 is 7.14 Å². The molecule has 0 fully saturated rings. The third-order valence-corrected chi connectivity index (χ3v) is 9.54. The van der Waals surface area contributed by atoms with Crippen molar-refractivity contribution in [1.82, 2.24) is 0 Å². The average molecular weight is 508 g/mol. The van der Waals surface area contributed by atoms with Crippen LogP contribution in [0.2, 0.25) is 0 Å². The molecule has 4 nitrogen and oxygen atoms in total. The van der Waals surface area contributed by atoms with Gasteiger partial charge in [-0.25, -0.2) is 0 Å². The Kier molecular flexibility index (Phi) is 8.18. The first-order valence-electron chi connectivity index (χ1n) is 10.4. The minimum absolute atomic E-state index is 0.577. The second-order valence-electron chi connectivity index (χ2n) is 7.72. The van der Waals surface area contributed by atoms with E-state index >= 15 is 0 Å². The summed E-state index contributed by atoms with van der Waals surface area (Å²) < 4.78 is 80.1. The lowest BCUT2D eigenvalue weighted by molar-refractivity contribution is -0.152. The molecule has 0 aliphatic carbocycles. The van der Waals surface area contributed by atoms with Gasteiger partial charge in [-0.05, 0) is 12.5 Å². The molecule has 9 heteroatoms. The predicted octanol–water partition coefficient (Wildman–Crippen LogP) is 5.52. The Morgan fingerprint density at radius 3 is 1.97 bits per heavy atom. The first-order valence-corrected chi connectivity index (χ1v) is 13.7. The molecule has 180 valence electrons. The molecule has 0 amide bonds. The molecule has 0 saturated heterocycles. The molecular weight excluding hydrogens is 484 g/mol. The van der Waals surface area contributed by atoms with Crippen LogP contribution in [0.3, 0.4) is 0 Å². The minimum atomic E-state index is -4.77. The van der Waals surface area contributed by atoms with E-state index in [0.717, 1.165) is 5.56 Å². The smallest absolute Gasteiger partial charge is 0.313 e. The van der Waals surface area contributed by atoms with Crippen LogP contribution in [-0.2, 0) is 18.9 Å². The van der Waals surface area contributed by atoms with Gasteiger partial charge >= 0.3 is 6.18 Å². The van der Waals surface area contributed by atoms with Crippen molar-refractivity contribution in [3.05, 3.63) is 108 Å². The monoisotopic (exact) mass is 508 g/mol. The molecule has 0 aliphatic heterocycles. The van der Waals surface area contributed by atoms with Crippen molar-refractivity contribution in [2.45, 2.75) is 18.8 Å². The maximum absolute atomic E-state index is 14.9. The molecule has 3 rings (SSSR count). The third-order valence-electron chi connectivity index (χ3n) is 5.08. The zero-order valence-corrected chi connectivity index (χ0v) is 20.1. The van der Waals surface area contributed by atoms with Crippen LogP contribution in [0.4, 0.5) is 13.2 Å². The zero-order valence-electron chi connectivity index (χ0n) is 18.4. The van der Waals surface area contributed by atoms with Gasteiger partial charge in [-0.3, -0.25) is 4.18 Å². The molecule has 0 aliphatic rings. The average Bonchev–Trinajstić information content (AvgIpc) is 2.81. The fraction of sp³-hybridized carbons (Fsp3) is 0.200. The molecule has 34 heavy (non-hydrogen) atoms. The third kappa shape index (κ3) is 6.69. The summed E-state index contributed by atoms with van der Waals surface area (Å²) in [5.41, 5.74) is 0.862. The van der Waals surface area contributed by atoms with Crippen molar-refractivity contribution < 1.29 is 30.3 Å². The summed E-state index contributed by atoms with van der Waals surface area (Å²) in [7, 11) is -7.87. The van der Waals surface area contributed by atoms with Crippen LogP contribution in [0.5, 0.6) is 0 Å². The van der Waals surface area contributed by atoms with E-state index in [-0.39, 0.29) is 0 Å². The largest absolute Gasteiger partial charge is 0.413 e. The van der Waals surface area contributed by atoms with Crippen LogP contribution in [0.15, 0.2) is 97.1 Å². The summed E-state index contributed by atoms with van der Waals surface area (Å²) in [5, 5.41) is 1.15. The maximum Gasteiger partial charge on any atom is 0.413 e. The van der Waals surface area contributed by atoms with Crippen molar-refractivity contribution in [3.8, 4) is 0 Å². The van der Waals surface area contributed by atoms with E-state index in [1.165, 1.54) is 12.2 Å². The molecule has 0 N–H and O–H groups in total. The van der Waals surface area contributed by atoms with Gasteiger partial charge in [0.2, 0.25) is 0 Å². The highest BCUT2D eigenvalue weighted by Crippen LogP contribution is 2.58. The van der Waals surface area contributed by atoms with Gasteiger partial charge < -0.3 is 4.57 Å². The topological polar surface area (TPSA) is 60.4 Å². The van der Waals surface area contributed by atoms with E-state index in [1.54, 1.807) is 66.7 Å². The first kappa shape index (κ1) is 25.9. The Balaban J connectivity index is 2.08. The van der Waals surface area contributed by atoms with E-state index in [2.05, 4.69) is 4.18 Å². The molecule has 0 radical (unpaired) electrons. The number of benzene rings is 3. The maximum atomic E-state index is 14.9. The number of aryl methyl sites for hydroxylation is 1. The van der Waals surface area contributed by atoms with E-state index in [1.807, 2.05) is 25.1 Å². The van der Waals surface area contributed by atoms with Crippen LogP contribution in [0.1, 0.15) is 16.8 Å². The molecule has 3 aromatic carbocycles. The number of rotatable bonds is 9. The molecule has 0 unspecified atom stereocenters. The highest BCUT2D eigenvalue weighted by Gasteiger charge is 2.36. The van der Waals surface area contributed by atoms with Crippen molar-refractivity contribution >= 4 is 27.9 Å². The molecule has 0 aromatic heterocycles. The summed E-state index contributed by atoms with van der Waals surface area (Å²) in [5.74, 6) is -0.783. The summed E-state index contributed by atoms with van der Waals surface area (Å²) in [4.78, 5) is 0. The predicted molar refractivity (Wildman–Crippen MR) is 129 cm³/mol. The van der Waals surface area contributed by atoms with Gasteiger partial charge in [0.15, 0.2) is 13.7 Å². The normalized spacial score (nSPS) is 13.8. The number of halogens is 3. The Hall–Kier alpha value is -2.67. The van der Waals surface area contributed by atoms with Gasteiger partial charge in [0.1, 0.15) is 0 Å². The lowest BCUT2D eigenvalue weighted by Gasteiger charge is -2.27. The summed E-state index contributed by atoms with van der Waals surface area (Å²) >= 11 is 0. The SMILES string of the molecule is Cc1cccc([C@H](/C=C/CS(=O)(=O)OCC(F)(F)F)P(=O)(c2ccccc2)c2ccccc2)c1. The van der Waals surface area contributed by atoms with Crippen LogP contribution in [0, 0.1) is 6.92 Å². The van der Waals surface area contributed by atoms with Crippen LogP contribution in [0.25, 0.3) is 0 Å². The van der Waals surface area contributed by atoms with Crippen molar-refractivity contribution in [2.24, 2.45) is 0 Å². The molecule has 0 heterocycles. The highest BCUT2D eigenvalue weighted by atomic mass is 32.2. The summed E-state index contributed by atoms with van der Waals surface area (Å²) in [6, 6.07) is 25.1. The van der Waals surface area contributed by atoms with Crippen molar-refractivity contribution in [1.29, 1.82) is 0 Å². The summed E-state index contributed by atoms with van der Waals surface area (Å²) in [6.07, 6.45) is -2.07. The van der Waals surface area contributed by atoms with E-state index < -0.39 is 41.5 Å². The van der Waals surface area contributed by atoms with Crippen LogP contribution in [-0.4, -0.2) is 27.0 Å². The van der Waals surface area contributed by atoms with Gasteiger partial charge in [-0.1, -0.05) is 103 Å². The summed E-state index contributed by atoms with van der Waals surface area (Å²) in [6.45, 7) is -0.00726. The number of hydrogen-bond donors (Lipinski definition) is 0. The van der Waals surface area contributed by atoms with E-state index in [0.29, 0.717) is 16.2 Å². The Labute approximate surface area is 197 Å². The second kappa shape index (κ2) is 10.7. The minimum Gasteiger partial charge on any atom is -0.313 e. The first-order chi connectivity index (χ1) is 16.0. The lowest BCUT2D eigenvalue weighted by Crippen LogP contribution is -2.22. The Bertz CT molecular complexity index is 1230. The fourth-order valence-electron chi connectivity index (χ4n) is 3.57.